The molecule has 4 rings (SSSR count). The highest BCUT2D eigenvalue weighted by Gasteiger charge is 2.29. The van der Waals surface area contributed by atoms with Crippen LogP contribution in [0.3, 0.4) is 0 Å². The minimum atomic E-state index is -3.77. The summed E-state index contributed by atoms with van der Waals surface area (Å²) in [7, 11) is -3.77. The molecule has 11 heteroatoms. The number of sulfonamides is 1. The van der Waals surface area contributed by atoms with E-state index in [-0.39, 0.29) is 29.5 Å². The molecule has 2 amide bonds. The Kier molecular flexibility index (Phi) is 6.31. The fourth-order valence-corrected chi connectivity index (χ4v) is 5.34. The van der Waals surface area contributed by atoms with Gasteiger partial charge in [-0.15, -0.1) is 5.10 Å². The normalized spacial score (nSPS) is 14.8. The Labute approximate surface area is 189 Å². The van der Waals surface area contributed by atoms with Crippen molar-refractivity contribution >= 4 is 39.1 Å². The lowest BCUT2D eigenvalue weighted by molar-refractivity contribution is -0.129. The van der Waals surface area contributed by atoms with Gasteiger partial charge in [-0.3, -0.25) is 9.59 Å². The molecule has 1 aliphatic heterocycles. The van der Waals surface area contributed by atoms with Crippen molar-refractivity contribution in [2.45, 2.75) is 11.8 Å². The number of nitrogens with one attached hydrogen (secondary N) is 1. The van der Waals surface area contributed by atoms with Gasteiger partial charge in [-0.1, -0.05) is 22.7 Å². The lowest BCUT2D eigenvalue weighted by atomic mass is 10.1. The molecule has 1 aliphatic rings. The number of hydrogen-bond donors (Lipinski definition) is 1. The van der Waals surface area contributed by atoms with Gasteiger partial charge < -0.3 is 10.2 Å². The second-order valence-electron chi connectivity index (χ2n) is 7.26. The van der Waals surface area contributed by atoms with Gasteiger partial charge >= 0.3 is 0 Å². The molecule has 1 fully saturated rings. The van der Waals surface area contributed by atoms with Crippen LogP contribution in [0.2, 0.25) is 0 Å². The van der Waals surface area contributed by atoms with E-state index >= 15 is 0 Å². The fraction of sp³-hybridized carbons (Fsp3) is 0.238. The zero-order chi connectivity index (χ0) is 22.7. The molecular formula is C21H21N5O4S2. The molecule has 2 aromatic carbocycles. The standard InChI is InChI=1S/C21H21N5O4S2/c1-15(27)25-9-11-26(12-10-25)32(29,30)19-4-2-3-17(13-19)21(28)22-18-7-5-16(6-8-18)20-14-31-24-23-20/h2-8,13-14H,9-12H2,1H3,(H,22,28). The summed E-state index contributed by atoms with van der Waals surface area (Å²) in [6.45, 7) is 2.61. The van der Waals surface area contributed by atoms with Gasteiger partial charge in [0.1, 0.15) is 5.69 Å². The third-order valence-electron chi connectivity index (χ3n) is 5.22. The molecule has 0 spiro atoms. The number of aromatic nitrogens is 2. The van der Waals surface area contributed by atoms with Gasteiger partial charge in [-0.2, -0.15) is 4.31 Å². The van der Waals surface area contributed by atoms with Crippen LogP contribution in [0, 0.1) is 0 Å². The van der Waals surface area contributed by atoms with Crippen LogP contribution in [0.25, 0.3) is 11.3 Å². The average molecular weight is 472 g/mol. The van der Waals surface area contributed by atoms with E-state index in [1.807, 2.05) is 17.5 Å². The molecule has 0 radical (unpaired) electrons. The number of hydrogen-bond acceptors (Lipinski definition) is 7. The molecule has 0 aliphatic carbocycles. The molecule has 9 nitrogen and oxygen atoms in total. The summed E-state index contributed by atoms with van der Waals surface area (Å²) in [4.78, 5) is 25.9. The summed E-state index contributed by atoms with van der Waals surface area (Å²) in [5, 5.41) is 8.62. The fourth-order valence-electron chi connectivity index (χ4n) is 3.41. The Morgan fingerprint density at radius 2 is 1.75 bits per heavy atom. The van der Waals surface area contributed by atoms with Gasteiger partial charge in [0.05, 0.1) is 4.90 Å². The Hall–Kier alpha value is -3.15. The van der Waals surface area contributed by atoms with Crippen LogP contribution in [0.5, 0.6) is 0 Å². The van der Waals surface area contributed by atoms with Crippen molar-refractivity contribution in [2.24, 2.45) is 0 Å². The molecule has 32 heavy (non-hydrogen) atoms. The first-order valence-corrected chi connectivity index (χ1v) is 12.2. The number of amides is 2. The first kappa shape index (κ1) is 22.1. The number of nitrogens with zero attached hydrogens (tertiary/aromatic N) is 4. The highest BCUT2D eigenvalue weighted by molar-refractivity contribution is 7.89. The summed E-state index contributed by atoms with van der Waals surface area (Å²) < 4.78 is 31.2. The minimum Gasteiger partial charge on any atom is -0.340 e. The Morgan fingerprint density at radius 1 is 1.03 bits per heavy atom. The molecule has 0 unspecified atom stereocenters. The zero-order valence-corrected chi connectivity index (χ0v) is 18.9. The quantitative estimate of drug-likeness (QED) is 0.611. The maximum Gasteiger partial charge on any atom is 0.255 e. The third kappa shape index (κ3) is 4.69. The lowest BCUT2D eigenvalue weighted by Crippen LogP contribution is -2.49. The summed E-state index contributed by atoms with van der Waals surface area (Å²) >= 11 is 1.26. The van der Waals surface area contributed by atoms with Gasteiger partial charge in [0.2, 0.25) is 15.9 Å². The topological polar surface area (TPSA) is 113 Å². The van der Waals surface area contributed by atoms with E-state index in [0.29, 0.717) is 18.8 Å². The average Bonchev–Trinajstić information content (AvgIpc) is 3.35. The van der Waals surface area contributed by atoms with Crippen molar-refractivity contribution < 1.29 is 18.0 Å². The van der Waals surface area contributed by atoms with Crippen molar-refractivity contribution in [3.8, 4) is 11.3 Å². The number of anilines is 1. The first-order valence-electron chi connectivity index (χ1n) is 9.89. The number of carbonyl (C=O) groups is 2. The Morgan fingerprint density at radius 3 is 2.38 bits per heavy atom. The van der Waals surface area contributed by atoms with Crippen LogP contribution in [0.1, 0.15) is 17.3 Å². The first-order chi connectivity index (χ1) is 15.3. The van der Waals surface area contributed by atoms with Gasteiger partial charge in [0.25, 0.3) is 5.91 Å². The van der Waals surface area contributed by atoms with Crippen molar-refractivity contribution in [3.05, 3.63) is 59.5 Å². The Balaban J connectivity index is 1.46. The van der Waals surface area contributed by atoms with Crippen molar-refractivity contribution in [3.63, 3.8) is 0 Å². The molecule has 2 heterocycles. The summed E-state index contributed by atoms with van der Waals surface area (Å²) in [6.07, 6.45) is 0. The van der Waals surface area contributed by atoms with Crippen molar-refractivity contribution in [1.82, 2.24) is 18.8 Å². The van der Waals surface area contributed by atoms with E-state index in [0.717, 1.165) is 11.3 Å². The number of carbonyl (C=O) groups excluding carboxylic acids is 2. The van der Waals surface area contributed by atoms with Gasteiger partial charge in [0, 0.05) is 55.3 Å². The minimum absolute atomic E-state index is 0.0489. The molecule has 1 saturated heterocycles. The van der Waals surface area contributed by atoms with Crippen molar-refractivity contribution in [2.75, 3.05) is 31.5 Å². The predicted molar refractivity (Wildman–Crippen MR) is 121 cm³/mol. The smallest absolute Gasteiger partial charge is 0.255 e. The number of piperazine rings is 1. The van der Waals surface area contributed by atoms with Crippen LogP contribution in [-0.2, 0) is 14.8 Å². The monoisotopic (exact) mass is 471 g/mol. The maximum absolute atomic E-state index is 13.0. The van der Waals surface area contributed by atoms with Crippen LogP contribution < -0.4 is 5.32 Å². The lowest BCUT2D eigenvalue weighted by Gasteiger charge is -2.33. The van der Waals surface area contributed by atoms with Crippen LogP contribution in [-0.4, -0.2) is 65.2 Å². The van der Waals surface area contributed by atoms with E-state index in [2.05, 4.69) is 14.9 Å². The SMILES string of the molecule is CC(=O)N1CCN(S(=O)(=O)c2cccc(C(=O)Nc3ccc(-c4csnn4)cc3)c2)CC1. The van der Waals surface area contributed by atoms with Crippen molar-refractivity contribution in [1.29, 1.82) is 0 Å². The zero-order valence-electron chi connectivity index (χ0n) is 17.3. The van der Waals surface area contributed by atoms with Gasteiger partial charge in [-0.05, 0) is 41.9 Å². The molecule has 1 aromatic heterocycles. The molecule has 0 saturated carbocycles. The predicted octanol–water partition coefficient (Wildman–Crippen LogP) is 2.31. The molecule has 0 atom stereocenters. The highest BCUT2D eigenvalue weighted by atomic mass is 32.2. The van der Waals surface area contributed by atoms with E-state index in [4.69, 9.17) is 0 Å². The molecule has 0 bridgehead atoms. The summed E-state index contributed by atoms with van der Waals surface area (Å²) in [5.41, 5.74) is 2.46. The number of benzene rings is 2. The Bertz CT molecular complexity index is 1220. The second-order valence-corrected chi connectivity index (χ2v) is 9.81. The highest BCUT2D eigenvalue weighted by Crippen LogP contribution is 2.22. The van der Waals surface area contributed by atoms with Gasteiger partial charge in [-0.25, -0.2) is 8.42 Å². The molecular weight excluding hydrogens is 450 g/mol. The largest absolute Gasteiger partial charge is 0.340 e. The van der Waals surface area contributed by atoms with E-state index < -0.39 is 15.9 Å². The van der Waals surface area contributed by atoms with E-state index in [1.54, 1.807) is 29.2 Å². The van der Waals surface area contributed by atoms with Crippen LogP contribution >= 0.6 is 11.5 Å². The van der Waals surface area contributed by atoms with Crippen LogP contribution in [0.4, 0.5) is 5.69 Å². The second kappa shape index (κ2) is 9.15. The van der Waals surface area contributed by atoms with Gasteiger partial charge in [0.15, 0.2) is 0 Å². The summed E-state index contributed by atoms with van der Waals surface area (Å²) in [5.74, 6) is -0.483. The third-order valence-corrected chi connectivity index (χ3v) is 7.62. The summed E-state index contributed by atoms with van der Waals surface area (Å²) in [6, 6.07) is 13.1. The van der Waals surface area contributed by atoms with Crippen LogP contribution in [0.15, 0.2) is 58.8 Å². The maximum atomic E-state index is 13.0. The molecule has 1 N–H and O–H groups in total. The van der Waals surface area contributed by atoms with E-state index in [9.17, 15) is 18.0 Å². The number of rotatable bonds is 5. The molecule has 3 aromatic rings. The van der Waals surface area contributed by atoms with E-state index in [1.165, 1.54) is 34.9 Å². The molecule has 166 valence electrons.